The number of fused-ring (bicyclic) bond motifs is 1. The van der Waals surface area contributed by atoms with E-state index in [1.807, 2.05) is 7.05 Å². The zero-order valence-electron chi connectivity index (χ0n) is 27.4. The summed E-state index contributed by atoms with van der Waals surface area (Å²) in [6.45, 7) is 0. The standard InChI is InChI=1S/C27H28N12O8S5.Na/c1-38-31-7-16(51-38)48-8-11-9-49-23-18(22(42)39(23)19(11)24(43)44)35-21(41)17(15-10-50-25(28)33-15)36-27(45)34-14-6-30-26(37-20(14)40)32-12-2-4-13(5-3-12)52(29,46)47;/h2-7,10,17-18,23,31H,8-9H2,1H3,(H2,28,33)(H,35,41)(H,43,44)(H2,29,46,47)(H2,34,36,45)(H2,30,32,37,40);/q;+1/p-1/t17?,18-,23-;/m1./s1. The molecule has 1 aromatic carbocycles. The molecule has 0 aliphatic carbocycles. The van der Waals surface area contributed by atoms with E-state index in [0.29, 0.717) is 17.0 Å². The Hall–Kier alpha value is -3.79. The first-order valence-corrected chi connectivity index (χ1v) is 19.9. The number of carbonyl (C=O) groups is 4. The van der Waals surface area contributed by atoms with E-state index in [9.17, 15) is 37.8 Å². The van der Waals surface area contributed by atoms with Gasteiger partial charge in [-0.15, -0.1) is 34.9 Å². The summed E-state index contributed by atoms with van der Waals surface area (Å²) in [5.74, 6) is -3.19. The van der Waals surface area contributed by atoms with Gasteiger partial charge < -0.3 is 46.7 Å². The van der Waals surface area contributed by atoms with E-state index in [0.717, 1.165) is 26.7 Å². The number of primary sulfonamides is 1. The quantitative estimate of drug-likeness (QED) is 0.0483. The molecule has 3 aliphatic heterocycles. The number of benzene rings is 1. The van der Waals surface area contributed by atoms with Crippen LogP contribution in [0.5, 0.6) is 5.88 Å². The minimum atomic E-state index is -3.90. The number of carboxylic acids is 1. The van der Waals surface area contributed by atoms with E-state index in [-0.39, 0.29) is 68.0 Å². The van der Waals surface area contributed by atoms with Crippen molar-refractivity contribution in [2.24, 2.45) is 5.14 Å². The minimum Gasteiger partial charge on any atom is -0.543 e. The van der Waals surface area contributed by atoms with Crippen molar-refractivity contribution in [2.75, 3.05) is 29.2 Å². The molecule has 1 saturated heterocycles. The second-order valence-electron chi connectivity index (χ2n) is 10.9. The number of nitrogens with one attached hydrogen (secondary N) is 7. The Kier molecular flexibility index (Phi) is 12.7. The molecule has 0 spiro atoms. The number of aromatic hydroxyl groups is 1. The van der Waals surface area contributed by atoms with Crippen LogP contribution in [0, 0.1) is 5.41 Å². The number of aliphatic carboxylic acids is 1. The number of hydrazine groups is 1. The summed E-state index contributed by atoms with van der Waals surface area (Å²) < 4.78 is 25.6. The maximum atomic E-state index is 13.6. The first-order chi connectivity index (χ1) is 24.7. The molecule has 3 aromatic rings. The number of carbonyl (C=O) groups excluding carboxylic acids is 4. The van der Waals surface area contributed by atoms with E-state index in [2.05, 4.69) is 41.6 Å². The van der Waals surface area contributed by atoms with Gasteiger partial charge in [0.25, 0.3) is 5.91 Å². The first kappa shape index (κ1) is 40.4. The predicted octanol–water partition coefficient (Wildman–Crippen LogP) is -3.66. The van der Waals surface area contributed by atoms with Gasteiger partial charge in [0.1, 0.15) is 17.1 Å². The number of β-lactam (4-membered cyclic amide) rings is 1. The van der Waals surface area contributed by atoms with Crippen molar-refractivity contribution in [3.63, 3.8) is 0 Å². The summed E-state index contributed by atoms with van der Waals surface area (Å²) in [6.07, 6.45) is 2.86. The molecule has 5 heterocycles. The maximum absolute atomic E-state index is 13.6. The van der Waals surface area contributed by atoms with Gasteiger partial charge in [0.05, 0.1) is 32.7 Å². The summed E-state index contributed by atoms with van der Waals surface area (Å²) in [4.78, 5) is 63.6. The average Bonchev–Trinajstić information content (AvgIpc) is 3.72. The van der Waals surface area contributed by atoms with Crippen LogP contribution in [0.1, 0.15) is 11.7 Å². The van der Waals surface area contributed by atoms with E-state index < -0.39 is 57.2 Å². The molecule has 0 radical (unpaired) electrons. The number of nitrogens with zero attached hydrogens (tertiary/aromatic N) is 4. The number of aromatic nitrogens is 3. The number of amides is 4. The summed E-state index contributed by atoms with van der Waals surface area (Å²) in [7, 11) is -2.07. The third kappa shape index (κ3) is 9.30. The number of carboxylic acid groups (broad SMARTS) is 1. The molecule has 4 amide bonds. The number of sulfonamides is 1. The van der Waals surface area contributed by atoms with Crippen LogP contribution in [-0.4, -0.2) is 91.6 Å². The molecule has 3 atom stereocenters. The molecule has 10 N–H and O–H groups in total. The number of hydrogen-bond acceptors (Lipinski definition) is 18. The van der Waals surface area contributed by atoms with Gasteiger partial charge in [0, 0.05) is 35.8 Å². The van der Waals surface area contributed by atoms with Crippen LogP contribution in [0.4, 0.5) is 22.1 Å². The molecule has 26 heteroatoms. The predicted molar refractivity (Wildman–Crippen MR) is 190 cm³/mol. The van der Waals surface area contributed by atoms with E-state index >= 15 is 0 Å². The Balaban J connectivity index is 0.00000541. The zero-order valence-corrected chi connectivity index (χ0v) is 33.5. The molecule has 1 unspecified atom stereocenters. The van der Waals surface area contributed by atoms with Crippen LogP contribution >= 0.6 is 46.8 Å². The fourth-order valence-corrected chi connectivity index (χ4v) is 9.48. The van der Waals surface area contributed by atoms with Gasteiger partial charge in [-0.05, 0) is 41.8 Å². The number of aromatic amines is 1. The maximum Gasteiger partial charge on any atom is 1.00 e. The Morgan fingerprint density at radius 1 is 1.26 bits per heavy atom. The van der Waals surface area contributed by atoms with Crippen LogP contribution in [0.3, 0.4) is 0 Å². The molecule has 2 aromatic heterocycles. The SMILES string of the molecule is CN1NC=C(SCC2=C(C(=O)[O-])N3C(=O)[C@@H](NC(=O)C(NC(=O)Nc4cnc(Nc5ccc(S(N)(=O)=O)cc5)nc4O)c4csc(=N)[nH]4)[C@H]3SC2)S1.[Na+]. The van der Waals surface area contributed by atoms with Gasteiger partial charge in [-0.2, -0.15) is 9.40 Å². The molecule has 0 saturated carbocycles. The second-order valence-corrected chi connectivity index (χ2v) is 16.9. The third-order valence-electron chi connectivity index (χ3n) is 7.38. The van der Waals surface area contributed by atoms with Crippen LogP contribution in [0.2, 0.25) is 0 Å². The van der Waals surface area contributed by atoms with Gasteiger partial charge >= 0.3 is 35.6 Å². The number of thioether (sulfide) groups is 2. The monoisotopic (exact) mass is 830 g/mol. The molecule has 0 bridgehead atoms. The fraction of sp³-hybridized carbons (Fsp3) is 0.222. The number of hydrogen-bond donors (Lipinski definition) is 9. The molecule has 20 nitrogen and oxygen atoms in total. The minimum absolute atomic E-state index is 0. The van der Waals surface area contributed by atoms with E-state index in [1.54, 1.807) is 10.6 Å². The van der Waals surface area contributed by atoms with Crippen molar-refractivity contribution in [1.82, 2.24) is 40.3 Å². The second kappa shape index (κ2) is 16.7. The van der Waals surface area contributed by atoms with Crippen LogP contribution in [-0.2, 0) is 24.4 Å². The first-order valence-electron chi connectivity index (χ1n) is 14.6. The van der Waals surface area contributed by atoms with Crippen molar-refractivity contribution in [3.8, 4) is 5.88 Å². The molecule has 53 heavy (non-hydrogen) atoms. The molecule has 3 aliphatic rings. The van der Waals surface area contributed by atoms with Crippen molar-refractivity contribution in [2.45, 2.75) is 22.4 Å². The molecule has 1 fully saturated rings. The molecular formula is C27H27N12NaO8S5. The Labute approximate surface area is 339 Å². The number of urea groups is 1. The summed E-state index contributed by atoms with van der Waals surface area (Å²) >= 11 is 5.06. The number of anilines is 3. The zero-order chi connectivity index (χ0) is 37.3. The van der Waals surface area contributed by atoms with Crippen molar-refractivity contribution in [1.29, 1.82) is 5.41 Å². The topological polar surface area (TPSA) is 304 Å². The Morgan fingerprint density at radius 2 is 2.00 bits per heavy atom. The summed E-state index contributed by atoms with van der Waals surface area (Å²) in [5.41, 5.74) is 3.50. The smallest absolute Gasteiger partial charge is 0.543 e. The summed E-state index contributed by atoms with van der Waals surface area (Å²) in [5, 5.41) is 46.4. The average molecular weight is 831 g/mol. The molecule has 6 rings (SSSR count). The summed E-state index contributed by atoms with van der Waals surface area (Å²) in [6, 6.07) is 1.75. The van der Waals surface area contributed by atoms with Gasteiger partial charge in [-0.1, -0.05) is 0 Å². The van der Waals surface area contributed by atoms with Gasteiger partial charge in [-0.3, -0.25) is 19.9 Å². The Bertz CT molecular complexity index is 2180. The number of nitrogens with two attached hydrogens (primary N) is 1. The van der Waals surface area contributed by atoms with Crippen molar-refractivity contribution < 1.29 is 67.4 Å². The number of H-pyrrole nitrogens is 1. The molecule has 274 valence electrons. The molecular weight excluding hydrogens is 804 g/mol. The normalized spacial score (nSPS) is 18.8. The van der Waals surface area contributed by atoms with Gasteiger partial charge in [-0.25, -0.2) is 23.3 Å². The largest absolute Gasteiger partial charge is 1.00 e. The fourth-order valence-electron chi connectivity index (χ4n) is 4.98. The Morgan fingerprint density at radius 3 is 2.60 bits per heavy atom. The third-order valence-corrected chi connectivity index (χ3v) is 12.5. The van der Waals surface area contributed by atoms with E-state index in [4.69, 9.17) is 10.5 Å². The van der Waals surface area contributed by atoms with Gasteiger partial charge in [0.2, 0.25) is 27.8 Å². The van der Waals surface area contributed by atoms with Crippen molar-refractivity contribution in [3.05, 3.63) is 68.0 Å². The van der Waals surface area contributed by atoms with Crippen molar-refractivity contribution >= 4 is 98.0 Å². The van der Waals surface area contributed by atoms with E-state index in [1.165, 1.54) is 65.1 Å². The number of thiazole rings is 1. The van der Waals surface area contributed by atoms with Crippen LogP contribution < -0.4 is 71.3 Å². The van der Waals surface area contributed by atoms with Crippen LogP contribution in [0.25, 0.3) is 0 Å². The van der Waals surface area contributed by atoms with Crippen LogP contribution in [0.15, 0.2) is 62.4 Å². The van der Waals surface area contributed by atoms with Gasteiger partial charge in [0.15, 0.2) is 10.8 Å². The number of rotatable bonds is 12.